The maximum atomic E-state index is 12.3. The molecule has 0 bridgehead atoms. The van der Waals surface area contributed by atoms with Crippen LogP contribution in [-0.4, -0.2) is 40.0 Å². The first kappa shape index (κ1) is 17.3. The second kappa shape index (κ2) is 8.03. The van der Waals surface area contributed by atoms with E-state index in [0.29, 0.717) is 13.2 Å². The van der Waals surface area contributed by atoms with Gasteiger partial charge in [-0.05, 0) is 24.6 Å². The topological polar surface area (TPSA) is 59.1 Å². The summed E-state index contributed by atoms with van der Waals surface area (Å²) in [6.45, 7) is 2.95. The molecule has 1 aliphatic heterocycles. The fraction of sp³-hybridized carbons (Fsp3) is 0.368. The van der Waals surface area contributed by atoms with Crippen molar-refractivity contribution in [1.29, 1.82) is 0 Å². The Bertz CT molecular complexity index is 672. The van der Waals surface area contributed by atoms with E-state index < -0.39 is 16.9 Å². The Morgan fingerprint density at radius 1 is 1.17 bits per heavy atom. The average Bonchev–Trinajstić information content (AvgIpc) is 3.36. The molecule has 0 spiro atoms. The van der Waals surface area contributed by atoms with Crippen molar-refractivity contribution in [2.75, 3.05) is 12.4 Å². The molecule has 1 saturated heterocycles. The van der Waals surface area contributed by atoms with E-state index >= 15 is 0 Å². The fourth-order valence-corrected chi connectivity index (χ4v) is 3.66. The highest BCUT2D eigenvalue weighted by atomic mass is 32.2. The lowest BCUT2D eigenvalue weighted by atomic mass is 10.2. The van der Waals surface area contributed by atoms with Gasteiger partial charge in [-0.2, -0.15) is 0 Å². The van der Waals surface area contributed by atoms with Crippen LogP contribution in [-0.2, 0) is 26.9 Å². The molecule has 0 saturated carbocycles. The third kappa shape index (κ3) is 4.74. The normalized spacial score (nSPS) is 22.1. The number of rotatable bonds is 8. The number of benzene rings is 2. The first-order valence-electron chi connectivity index (χ1n) is 8.04. The highest BCUT2D eigenvalue weighted by Gasteiger charge is 2.44. The SMILES string of the molecule is Cc1ccc([S@@](=O)C[C@H](O)[C@H]2O[C@@H]2COCc2ccccc2)cc1. The molecule has 0 aromatic heterocycles. The minimum absolute atomic E-state index is 0.112. The molecule has 0 radical (unpaired) electrons. The van der Waals surface area contributed by atoms with Crippen molar-refractivity contribution in [1.82, 2.24) is 0 Å². The number of epoxide rings is 1. The van der Waals surface area contributed by atoms with Crippen molar-refractivity contribution in [2.24, 2.45) is 0 Å². The molecule has 4 nitrogen and oxygen atoms in total. The van der Waals surface area contributed by atoms with Crippen molar-refractivity contribution < 1.29 is 18.8 Å². The van der Waals surface area contributed by atoms with E-state index in [2.05, 4.69) is 0 Å². The third-order valence-corrected chi connectivity index (χ3v) is 5.44. The molecule has 3 rings (SSSR count). The molecule has 128 valence electrons. The standard InChI is InChI=1S/C19H22O4S/c1-14-7-9-16(10-8-14)24(21)13-17(20)19-18(23-19)12-22-11-15-5-3-2-4-6-15/h2-10,17-20H,11-13H2,1H3/t17-,18+,19+,24-/m0/s1. The minimum Gasteiger partial charge on any atom is -0.389 e. The van der Waals surface area contributed by atoms with E-state index in [9.17, 15) is 9.32 Å². The molecular formula is C19H22O4S. The van der Waals surface area contributed by atoms with Crippen LogP contribution in [0.25, 0.3) is 0 Å². The summed E-state index contributed by atoms with van der Waals surface area (Å²) in [4.78, 5) is 0.733. The molecule has 0 unspecified atom stereocenters. The van der Waals surface area contributed by atoms with Crippen molar-refractivity contribution >= 4 is 10.8 Å². The molecule has 0 aliphatic carbocycles. The van der Waals surface area contributed by atoms with Gasteiger partial charge in [0.25, 0.3) is 0 Å². The maximum Gasteiger partial charge on any atom is 0.113 e. The molecule has 24 heavy (non-hydrogen) atoms. The van der Waals surface area contributed by atoms with E-state index in [1.54, 1.807) is 0 Å². The lowest BCUT2D eigenvalue weighted by molar-refractivity contribution is 0.104. The summed E-state index contributed by atoms with van der Waals surface area (Å²) in [5, 5.41) is 10.2. The Morgan fingerprint density at radius 3 is 2.58 bits per heavy atom. The highest BCUT2D eigenvalue weighted by molar-refractivity contribution is 7.85. The van der Waals surface area contributed by atoms with Crippen molar-refractivity contribution in [3.05, 3.63) is 65.7 Å². The molecule has 1 heterocycles. The number of ether oxygens (including phenoxy) is 2. The summed E-state index contributed by atoms with van der Waals surface area (Å²) in [5.74, 6) is 0.183. The summed E-state index contributed by atoms with van der Waals surface area (Å²) >= 11 is 0. The zero-order valence-electron chi connectivity index (χ0n) is 13.6. The average molecular weight is 346 g/mol. The predicted molar refractivity (Wildman–Crippen MR) is 93.2 cm³/mol. The van der Waals surface area contributed by atoms with Crippen LogP contribution in [0.1, 0.15) is 11.1 Å². The quantitative estimate of drug-likeness (QED) is 0.746. The zero-order valence-corrected chi connectivity index (χ0v) is 14.4. The van der Waals surface area contributed by atoms with Crippen LogP contribution in [0.3, 0.4) is 0 Å². The van der Waals surface area contributed by atoms with Crippen LogP contribution in [0.4, 0.5) is 0 Å². The largest absolute Gasteiger partial charge is 0.389 e. The number of hydrogen-bond donors (Lipinski definition) is 1. The summed E-state index contributed by atoms with van der Waals surface area (Å²) in [6, 6.07) is 17.4. The van der Waals surface area contributed by atoms with E-state index in [4.69, 9.17) is 9.47 Å². The van der Waals surface area contributed by atoms with Gasteiger partial charge >= 0.3 is 0 Å². The first-order valence-corrected chi connectivity index (χ1v) is 9.35. The van der Waals surface area contributed by atoms with Crippen LogP contribution in [0.5, 0.6) is 0 Å². The molecule has 5 heteroatoms. The Balaban J connectivity index is 1.40. The summed E-state index contributed by atoms with van der Waals surface area (Å²) in [6.07, 6.45) is -1.13. The van der Waals surface area contributed by atoms with E-state index in [1.165, 1.54) is 0 Å². The Labute approximate surface area is 144 Å². The number of aryl methyl sites for hydroxylation is 1. The Kier molecular flexibility index (Phi) is 5.79. The van der Waals surface area contributed by atoms with Gasteiger partial charge in [-0.3, -0.25) is 4.21 Å². The van der Waals surface area contributed by atoms with Gasteiger partial charge in [0.2, 0.25) is 0 Å². The summed E-state index contributed by atoms with van der Waals surface area (Å²) in [5.41, 5.74) is 2.23. The number of hydrogen-bond acceptors (Lipinski definition) is 4. The molecular weight excluding hydrogens is 324 g/mol. The van der Waals surface area contributed by atoms with E-state index in [0.717, 1.165) is 16.0 Å². The molecule has 4 atom stereocenters. The van der Waals surface area contributed by atoms with Crippen LogP contribution in [0.15, 0.2) is 59.5 Å². The highest BCUT2D eigenvalue weighted by Crippen LogP contribution is 2.27. The molecule has 0 amide bonds. The lowest BCUT2D eigenvalue weighted by Crippen LogP contribution is -2.25. The van der Waals surface area contributed by atoms with Gasteiger partial charge in [-0.15, -0.1) is 0 Å². The van der Waals surface area contributed by atoms with Crippen molar-refractivity contribution in [3.63, 3.8) is 0 Å². The lowest BCUT2D eigenvalue weighted by Gasteiger charge is -2.08. The van der Waals surface area contributed by atoms with Gasteiger partial charge in [0.15, 0.2) is 0 Å². The van der Waals surface area contributed by atoms with Crippen molar-refractivity contribution in [3.8, 4) is 0 Å². The van der Waals surface area contributed by atoms with Gasteiger partial charge in [0.1, 0.15) is 12.2 Å². The van der Waals surface area contributed by atoms with Crippen LogP contribution in [0.2, 0.25) is 0 Å². The second-order valence-electron chi connectivity index (χ2n) is 6.03. The van der Waals surface area contributed by atoms with Crippen molar-refractivity contribution in [2.45, 2.75) is 36.7 Å². The van der Waals surface area contributed by atoms with E-state index in [1.807, 2.05) is 61.5 Å². The Morgan fingerprint density at radius 2 is 1.88 bits per heavy atom. The molecule has 2 aromatic carbocycles. The van der Waals surface area contributed by atoms with Gasteiger partial charge < -0.3 is 14.6 Å². The zero-order chi connectivity index (χ0) is 16.9. The maximum absolute atomic E-state index is 12.3. The third-order valence-electron chi connectivity index (χ3n) is 4.00. The minimum atomic E-state index is -1.22. The fourth-order valence-electron chi connectivity index (χ4n) is 2.53. The number of aliphatic hydroxyl groups excluding tert-OH is 1. The van der Waals surface area contributed by atoms with Gasteiger partial charge in [-0.25, -0.2) is 0 Å². The number of aliphatic hydroxyl groups is 1. The molecule has 2 aromatic rings. The van der Waals surface area contributed by atoms with E-state index in [-0.39, 0.29) is 18.0 Å². The second-order valence-corrected chi connectivity index (χ2v) is 7.53. The predicted octanol–water partition coefficient (Wildman–Crippen LogP) is 2.45. The van der Waals surface area contributed by atoms with Crippen LogP contribution >= 0.6 is 0 Å². The van der Waals surface area contributed by atoms with Gasteiger partial charge in [0, 0.05) is 4.90 Å². The summed E-state index contributed by atoms with van der Waals surface area (Å²) < 4.78 is 23.3. The van der Waals surface area contributed by atoms with Gasteiger partial charge in [-0.1, -0.05) is 48.0 Å². The molecule has 1 fully saturated rings. The first-order chi connectivity index (χ1) is 11.6. The smallest absolute Gasteiger partial charge is 0.113 e. The molecule has 1 N–H and O–H groups in total. The Hall–Kier alpha value is -1.53. The van der Waals surface area contributed by atoms with Gasteiger partial charge in [0.05, 0.1) is 35.9 Å². The summed E-state index contributed by atoms with van der Waals surface area (Å²) in [7, 11) is -1.22. The van der Waals surface area contributed by atoms with Crippen LogP contribution in [0, 0.1) is 6.92 Å². The molecule has 1 aliphatic rings. The monoisotopic (exact) mass is 346 g/mol. The van der Waals surface area contributed by atoms with Crippen LogP contribution < -0.4 is 0 Å².